The number of allylic oxidation sites excluding steroid dienone is 3. The van der Waals surface area contributed by atoms with Crippen LogP contribution >= 0.6 is 0 Å². The van der Waals surface area contributed by atoms with E-state index < -0.39 is 63.3 Å². The number of rotatable bonds is 4. The van der Waals surface area contributed by atoms with Crippen LogP contribution in [-0.2, 0) is 14.4 Å². The Morgan fingerprint density at radius 2 is 2.00 bits per heavy atom. The fourth-order valence-electron chi connectivity index (χ4n) is 7.03. The summed E-state index contributed by atoms with van der Waals surface area (Å²) in [6.45, 7) is 2.17. The van der Waals surface area contributed by atoms with Crippen LogP contribution < -0.4 is 0 Å². The number of hydrogen-bond acceptors (Lipinski definition) is 8. The van der Waals surface area contributed by atoms with E-state index >= 15 is 4.39 Å². The molecule has 1 unspecified atom stereocenters. The summed E-state index contributed by atoms with van der Waals surface area (Å²) in [5.41, 5.74) is -6.59. The van der Waals surface area contributed by atoms with Gasteiger partial charge in [0.05, 0.1) is 11.5 Å². The lowest BCUT2D eigenvalue weighted by Crippen LogP contribution is -2.65. The predicted octanol–water partition coefficient (Wildman–Crippen LogP) is 1.19. The summed E-state index contributed by atoms with van der Waals surface area (Å²) < 4.78 is 17.0. The topological polar surface area (TPSA) is 147 Å². The fourth-order valence-corrected chi connectivity index (χ4v) is 7.03. The van der Waals surface area contributed by atoms with Gasteiger partial charge < -0.3 is 15.3 Å². The van der Waals surface area contributed by atoms with Gasteiger partial charge in [-0.3, -0.25) is 14.4 Å². The average molecular weight is 439 g/mol. The highest BCUT2D eigenvalue weighted by Gasteiger charge is 2.74. The van der Waals surface area contributed by atoms with Gasteiger partial charge in [-0.1, -0.05) is 12.5 Å². The van der Waals surface area contributed by atoms with Gasteiger partial charge in [0, 0.05) is 11.5 Å². The van der Waals surface area contributed by atoms with Crippen molar-refractivity contribution in [3.8, 4) is 0 Å². The van der Waals surface area contributed by atoms with Crippen molar-refractivity contribution in [3.63, 3.8) is 0 Å². The lowest BCUT2D eigenvalue weighted by atomic mass is 9.45. The van der Waals surface area contributed by atoms with Crippen molar-refractivity contribution in [1.29, 1.82) is 0 Å². The van der Waals surface area contributed by atoms with Gasteiger partial charge in [-0.2, -0.15) is 0 Å². The number of ketones is 2. The van der Waals surface area contributed by atoms with Gasteiger partial charge in [0.1, 0.15) is 18.0 Å². The molecule has 0 saturated heterocycles. The molecule has 0 aromatic rings. The Kier molecular flexibility index (Phi) is 4.74. The van der Waals surface area contributed by atoms with Gasteiger partial charge in [0.25, 0.3) is 5.09 Å². The van der Waals surface area contributed by atoms with Crippen LogP contribution in [0.2, 0.25) is 0 Å². The van der Waals surface area contributed by atoms with Crippen molar-refractivity contribution in [2.24, 2.45) is 22.7 Å². The number of hydrogen-bond donors (Lipinski definition) is 3. The molecule has 7 atom stereocenters. The Labute approximate surface area is 177 Å². The van der Waals surface area contributed by atoms with E-state index in [9.17, 15) is 35.0 Å². The first-order chi connectivity index (χ1) is 14.4. The lowest BCUT2D eigenvalue weighted by Gasteiger charge is -2.61. The predicted molar refractivity (Wildman–Crippen MR) is 102 cm³/mol. The zero-order valence-corrected chi connectivity index (χ0v) is 17.3. The Morgan fingerprint density at radius 1 is 1.32 bits per heavy atom. The van der Waals surface area contributed by atoms with E-state index in [-0.39, 0.29) is 37.9 Å². The number of aliphatic hydroxyl groups excluding tert-OH is 2. The summed E-state index contributed by atoms with van der Waals surface area (Å²) in [7, 11) is 0. The highest BCUT2D eigenvalue weighted by Crippen LogP contribution is 2.70. The molecule has 0 heterocycles. The summed E-state index contributed by atoms with van der Waals surface area (Å²) in [6.07, 6.45) is 1.14. The van der Waals surface area contributed by atoms with Crippen LogP contribution in [-0.4, -0.2) is 56.0 Å². The van der Waals surface area contributed by atoms with Crippen LogP contribution in [0.5, 0.6) is 0 Å². The van der Waals surface area contributed by atoms with Crippen LogP contribution in [0.1, 0.15) is 46.0 Å². The molecular formula is C21H26FNO8. The highest BCUT2D eigenvalue weighted by atomic mass is 19.1. The summed E-state index contributed by atoms with van der Waals surface area (Å²) in [5, 5.41) is 41.2. The Hall–Kier alpha value is -2.17. The quantitative estimate of drug-likeness (QED) is 0.437. The maximum absolute atomic E-state index is 17.0. The van der Waals surface area contributed by atoms with Gasteiger partial charge in [-0.05, 0) is 56.9 Å². The van der Waals surface area contributed by atoms with Crippen molar-refractivity contribution in [1.82, 2.24) is 0 Å². The van der Waals surface area contributed by atoms with Crippen LogP contribution in [0, 0.1) is 32.8 Å². The number of aliphatic hydroxyl groups is 3. The highest BCUT2D eigenvalue weighted by molar-refractivity contribution is 6.01. The van der Waals surface area contributed by atoms with E-state index in [1.807, 2.05) is 0 Å². The van der Waals surface area contributed by atoms with Gasteiger partial charge in [-0.25, -0.2) is 4.39 Å². The van der Waals surface area contributed by atoms with E-state index in [0.717, 1.165) is 6.08 Å². The molecule has 31 heavy (non-hydrogen) atoms. The third kappa shape index (κ3) is 2.52. The standard InChI is InChI=1S/C21H26FNO8/c1-18-5-6-20(22)13(14(18)9-15(26)21(18,28)16(27)10-24)4-3-11-7-12(25)8-17(19(11,20)2)31-23(29)30/h7-8,13-15,24,26,28H,3-6,9-10H2,1-2H3/t13-,14-,15?,18-,19+,20+,21-/m0/s1. The maximum atomic E-state index is 17.0. The Balaban J connectivity index is 1.81. The number of alkyl halides is 1. The molecule has 0 spiro atoms. The van der Waals surface area contributed by atoms with Crippen LogP contribution in [0.25, 0.3) is 0 Å². The average Bonchev–Trinajstić information content (AvgIpc) is 2.90. The van der Waals surface area contributed by atoms with E-state index in [4.69, 9.17) is 4.84 Å². The maximum Gasteiger partial charge on any atom is 0.299 e. The molecule has 3 N–H and O–H groups in total. The molecule has 0 aromatic carbocycles. The van der Waals surface area contributed by atoms with Crippen molar-refractivity contribution in [3.05, 3.63) is 33.6 Å². The van der Waals surface area contributed by atoms with Crippen LogP contribution in [0.3, 0.4) is 0 Å². The largest absolute Gasteiger partial charge is 0.390 e. The van der Waals surface area contributed by atoms with Crippen LogP contribution in [0.15, 0.2) is 23.5 Å². The second-order valence-corrected chi connectivity index (χ2v) is 9.65. The van der Waals surface area contributed by atoms with Gasteiger partial charge in [-0.15, -0.1) is 10.1 Å². The van der Waals surface area contributed by atoms with E-state index in [1.54, 1.807) is 6.92 Å². The minimum atomic E-state index is -2.21. The summed E-state index contributed by atoms with van der Waals surface area (Å²) in [6, 6.07) is 0. The first-order valence-electron chi connectivity index (χ1n) is 10.4. The number of carbonyl (C=O) groups is 2. The molecule has 3 fully saturated rings. The Bertz CT molecular complexity index is 932. The third-order valence-electron chi connectivity index (χ3n) is 8.75. The smallest absolute Gasteiger partial charge is 0.299 e. The van der Waals surface area contributed by atoms with Gasteiger partial charge in [0.2, 0.25) is 0 Å². The molecule has 9 nitrogen and oxygen atoms in total. The van der Waals surface area contributed by atoms with Gasteiger partial charge in [0.15, 0.2) is 17.2 Å². The van der Waals surface area contributed by atoms with E-state index in [2.05, 4.69) is 0 Å². The molecule has 10 heteroatoms. The molecular weight excluding hydrogens is 413 g/mol. The summed E-state index contributed by atoms with van der Waals surface area (Å²) in [4.78, 5) is 40.3. The molecule has 0 aromatic heterocycles. The number of halogens is 1. The van der Waals surface area contributed by atoms with Crippen LogP contribution in [0.4, 0.5) is 4.39 Å². The number of carbonyl (C=O) groups excluding carboxylic acids is 2. The first-order valence-corrected chi connectivity index (χ1v) is 10.4. The number of nitrogens with zero attached hydrogens (tertiary/aromatic N) is 1. The van der Waals surface area contributed by atoms with Crippen molar-refractivity contribution < 1.29 is 39.2 Å². The van der Waals surface area contributed by atoms with E-state index in [0.29, 0.717) is 5.57 Å². The zero-order chi connectivity index (χ0) is 23.0. The molecule has 170 valence electrons. The number of fused-ring (bicyclic) bond motifs is 5. The van der Waals surface area contributed by atoms with Crippen molar-refractivity contribution in [2.45, 2.75) is 63.3 Å². The van der Waals surface area contributed by atoms with E-state index in [1.165, 1.54) is 13.0 Å². The zero-order valence-electron chi connectivity index (χ0n) is 17.3. The third-order valence-corrected chi connectivity index (χ3v) is 8.75. The minimum absolute atomic E-state index is 0.00648. The SMILES string of the molecule is C[C@@]12C(=CC(=O)C=C1O[N+](=O)[O-])CC[C@H]1[C@@H]3CC(O)[C@](O)(C(=O)CO)[C@@]3(C)CC[C@@]12F. The normalized spacial score (nSPS) is 46.3. The molecule has 4 rings (SSSR count). The minimum Gasteiger partial charge on any atom is -0.390 e. The summed E-state index contributed by atoms with van der Waals surface area (Å²) >= 11 is 0. The van der Waals surface area contributed by atoms with Crippen molar-refractivity contribution >= 4 is 11.6 Å². The van der Waals surface area contributed by atoms with Gasteiger partial charge >= 0.3 is 0 Å². The molecule has 0 amide bonds. The van der Waals surface area contributed by atoms with Crippen molar-refractivity contribution in [2.75, 3.05) is 6.61 Å². The molecule has 4 aliphatic carbocycles. The summed E-state index contributed by atoms with van der Waals surface area (Å²) in [5.74, 6) is -3.15. The second-order valence-electron chi connectivity index (χ2n) is 9.65. The number of Topliss-reactive ketones (excluding diaryl/α,β-unsaturated/α-hetero) is 1. The molecule has 0 aliphatic heterocycles. The fraction of sp³-hybridized carbons (Fsp3) is 0.714. The monoisotopic (exact) mass is 439 g/mol. The first kappa shape index (κ1) is 22.0. The molecule has 0 radical (unpaired) electrons. The Morgan fingerprint density at radius 3 is 2.61 bits per heavy atom. The molecule has 3 saturated carbocycles. The second kappa shape index (κ2) is 6.66. The molecule has 4 aliphatic rings. The lowest BCUT2D eigenvalue weighted by molar-refractivity contribution is -0.745. The molecule has 0 bridgehead atoms.